The van der Waals surface area contributed by atoms with Crippen molar-refractivity contribution < 1.29 is 0 Å². The van der Waals surface area contributed by atoms with Crippen LogP contribution in [0.15, 0.2) is 18.2 Å². The van der Waals surface area contributed by atoms with Gasteiger partial charge in [-0.15, -0.1) is 0 Å². The number of hydrogen-bond acceptors (Lipinski definition) is 1. The van der Waals surface area contributed by atoms with Crippen LogP contribution < -0.4 is 4.90 Å². The zero-order valence-electron chi connectivity index (χ0n) is 7.06. The van der Waals surface area contributed by atoms with Crippen molar-refractivity contribution in [2.75, 3.05) is 19.0 Å². The Morgan fingerprint density at radius 1 is 1.27 bits per heavy atom. The summed E-state index contributed by atoms with van der Waals surface area (Å²) in [6, 6.07) is 5.93. The predicted molar refractivity (Wildman–Crippen MR) is 50.5 cm³/mol. The Bertz CT molecular complexity index is 235. The molecule has 0 heterocycles. The van der Waals surface area contributed by atoms with Crippen molar-refractivity contribution in [1.29, 1.82) is 0 Å². The van der Waals surface area contributed by atoms with E-state index in [1.165, 1.54) is 5.56 Å². The second-order valence-corrected chi connectivity index (χ2v) is 3.21. The summed E-state index contributed by atoms with van der Waals surface area (Å²) >= 11 is 5.98. The van der Waals surface area contributed by atoms with Gasteiger partial charge in [-0.2, -0.15) is 0 Å². The van der Waals surface area contributed by atoms with Crippen molar-refractivity contribution in [2.45, 2.75) is 6.92 Å². The molecule has 1 aromatic carbocycles. The number of hydrogen-bond donors (Lipinski definition) is 0. The van der Waals surface area contributed by atoms with Gasteiger partial charge >= 0.3 is 0 Å². The van der Waals surface area contributed by atoms with Crippen molar-refractivity contribution in [3.05, 3.63) is 28.8 Å². The molecule has 0 fully saturated rings. The van der Waals surface area contributed by atoms with Crippen LogP contribution >= 0.6 is 11.6 Å². The van der Waals surface area contributed by atoms with Gasteiger partial charge in [0.2, 0.25) is 0 Å². The van der Waals surface area contributed by atoms with Crippen molar-refractivity contribution >= 4 is 17.3 Å². The van der Waals surface area contributed by atoms with E-state index in [4.69, 9.17) is 11.6 Å². The first kappa shape index (κ1) is 8.41. The summed E-state index contributed by atoms with van der Waals surface area (Å²) in [6.45, 7) is 2.06. The van der Waals surface area contributed by atoms with Gasteiger partial charge in [0.15, 0.2) is 0 Å². The SMILES string of the molecule is Cc1cccc(Cl)c1N(C)C. The summed E-state index contributed by atoms with van der Waals surface area (Å²) in [5.74, 6) is 0. The van der Waals surface area contributed by atoms with Crippen LogP contribution in [0.1, 0.15) is 5.56 Å². The molecule has 2 heteroatoms. The molecule has 0 aliphatic rings. The summed E-state index contributed by atoms with van der Waals surface area (Å²) in [4.78, 5) is 2.03. The zero-order valence-corrected chi connectivity index (χ0v) is 7.81. The van der Waals surface area contributed by atoms with Gasteiger partial charge in [0.25, 0.3) is 0 Å². The van der Waals surface area contributed by atoms with Crippen LogP contribution in [0.3, 0.4) is 0 Å². The Labute approximate surface area is 72.6 Å². The molecule has 1 aromatic rings. The highest BCUT2D eigenvalue weighted by Crippen LogP contribution is 2.27. The molecule has 60 valence electrons. The molecule has 11 heavy (non-hydrogen) atoms. The number of rotatable bonds is 1. The third kappa shape index (κ3) is 1.66. The lowest BCUT2D eigenvalue weighted by Crippen LogP contribution is -2.10. The summed E-state index contributed by atoms with van der Waals surface area (Å²) < 4.78 is 0. The fourth-order valence-corrected chi connectivity index (χ4v) is 1.58. The largest absolute Gasteiger partial charge is 0.376 e. The van der Waals surface area contributed by atoms with E-state index in [9.17, 15) is 0 Å². The molecule has 0 amide bonds. The van der Waals surface area contributed by atoms with Crippen molar-refractivity contribution in [3.8, 4) is 0 Å². The number of aryl methyl sites for hydroxylation is 1. The van der Waals surface area contributed by atoms with Crippen molar-refractivity contribution in [1.82, 2.24) is 0 Å². The van der Waals surface area contributed by atoms with Gasteiger partial charge in [0, 0.05) is 14.1 Å². The molecule has 0 saturated heterocycles. The number of anilines is 1. The van der Waals surface area contributed by atoms with Crippen LogP contribution in [0.25, 0.3) is 0 Å². The van der Waals surface area contributed by atoms with E-state index >= 15 is 0 Å². The minimum absolute atomic E-state index is 0.815. The Morgan fingerprint density at radius 3 is 2.27 bits per heavy atom. The van der Waals surface area contributed by atoms with Gasteiger partial charge in [-0.1, -0.05) is 23.7 Å². The van der Waals surface area contributed by atoms with Gasteiger partial charge in [-0.25, -0.2) is 0 Å². The number of nitrogens with zero attached hydrogens (tertiary/aromatic N) is 1. The highest BCUT2D eigenvalue weighted by molar-refractivity contribution is 6.33. The molecule has 0 aliphatic heterocycles. The first-order valence-electron chi connectivity index (χ1n) is 3.55. The highest BCUT2D eigenvalue weighted by Gasteiger charge is 2.03. The zero-order chi connectivity index (χ0) is 8.43. The lowest BCUT2D eigenvalue weighted by atomic mass is 10.2. The maximum atomic E-state index is 5.98. The fourth-order valence-electron chi connectivity index (χ4n) is 1.19. The molecule has 0 unspecified atom stereocenters. The molecule has 0 radical (unpaired) electrons. The molecule has 0 saturated carbocycles. The molecule has 0 spiro atoms. The maximum absolute atomic E-state index is 5.98. The van der Waals surface area contributed by atoms with Crippen LogP contribution in [-0.4, -0.2) is 14.1 Å². The quantitative estimate of drug-likeness (QED) is 0.625. The molecular weight excluding hydrogens is 158 g/mol. The average Bonchev–Trinajstić information content (AvgIpc) is 1.85. The van der Waals surface area contributed by atoms with Crippen LogP contribution in [0.5, 0.6) is 0 Å². The van der Waals surface area contributed by atoms with E-state index in [1.807, 2.05) is 31.1 Å². The second kappa shape index (κ2) is 3.14. The molecule has 1 nitrogen and oxygen atoms in total. The monoisotopic (exact) mass is 169 g/mol. The van der Waals surface area contributed by atoms with E-state index in [0.29, 0.717) is 0 Å². The Kier molecular flexibility index (Phi) is 2.40. The maximum Gasteiger partial charge on any atom is 0.0642 e. The standard InChI is InChI=1S/C9H12ClN/c1-7-5-4-6-8(10)9(7)11(2)3/h4-6H,1-3H3. The third-order valence-corrected chi connectivity index (χ3v) is 1.94. The summed E-state index contributed by atoms with van der Waals surface area (Å²) in [5.41, 5.74) is 2.32. The molecule has 0 atom stereocenters. The highest BCUT2D eigenvalue weighted by atomic mass is 35.5. The molecular formula is C9H12ClN. The van der Waals surface area contributed by atoms with Gasteiger partial charge in [0.05, 0.1) is 10.7 Å². The average molecular weight is 170 g/mol. The molecule has 0 bridgehead atoms. The molecule has 0 N–H and O–H groups in total. The molecule has 0 aliphatic carbocycles. The number of para-hydroxylation sites is 1. The van der Waals surface area contributed by atoms with E-state index in [0.717, 1.165) is 10.7 Å². The number of benzene rings is 1. The lowest BCUT2D eigenvalue weighted by Gasteiger charge is -2.16. The van der Waals surface area contributed by atoms with Crippen LogP contribution in [0, 0.1) is 6.92 Å². The second-order valence-electron chi connectivity index (χ2n) is 2.80. The minimum Gasteiger partial charge on any atom is -0.376 e. The van der Waals surface area contributed by atoms with E-state index in [-0.39, 0.29) is 0 Å². The van der Waals surface area contributed by atoms with Gasteiger partial charge in [-0.3, -0.25) is 0 Å². The normalized spacial score (nSPS) is 9.82. The van der Waals surface area contributed by atoms with Crippen LogP contribution in [-0.2, 0) is 0 Å². The van der Waals surface area contributed by atoms with E-state index in [2.05, 4.69) is 13.0 Å². The summed E-state index contributed by atoms with van der Waals surface area (Å²) in [7, 11) is 3.99. The summed E-state index contributed by atoms with van der Waals surface area (Å²) in [6.07, 6.45) is 0. The smallest absolute Gasteiger partial charge is 0.0642 e. The van der Waals surface area contributed by atoms with Crippen molar-refractivity contribution in [3.63, 3.8) is 0 Å². The minimum atomic E-state index is 0.815. The van der Waals surface area contributed by atoms with E-state index in [1.54, 1.807) is 0 Å². The summed E-state index contributed by atoms with van der Waals surface area (Å²) in [5, 5.41) is 0.815. The van der Waals surface area contributed by atoms with Gasteiger partial charge in [0.1, 0.15) is 0 Å². The van der Waals surface area contributed by atoms with Crippen LogP contribution in [0.4, 0.5) is 5.69 Å². The topological polar surface area (TPSA) is 3.24 Å². The van der Waals surface area contributed by atoms with E-state index < -0.39 is 0 Å². The fraction of sp³-hybridized carbons (Fsp3) is 0.333. The van der Waals surface area contributed by atoms with Gasteiger partial charge < -0.3 is 4.90 Å². The number of halogens is 1. The van der Waals surface area contributed by atoms with Crippen molar-refractivity contribution in [2.24, 2.45) is 0 Å². The first-order valence-corrected chi connectivity index (χ1v) is 3.93. The Hall–Kier alpha value is -0.690. The third-order valence-electron chi connectivity index (χ3n) is 1.64. The Morgan fingerprint density at radius 2 is 1.91 bits per heavy atom. The predicted octanol–water partition coefficient (Wildman–Crippen LogP) is 2.71. The molecule has 0 aromatic heterocycles. The Balaban J connectivity index is 3.21. The molecule has 1 rings (SSSR count). The van der Waals surface area contributed by atoms with Gasteiger partial charge in [-0.05, 0) is 18.6 Å². The first-order chi connectivity index (χ1) is 5.13. The lowest BCUT2D eigenvalue weighted by molar-refractivity contribution is 1.11. The van der Waals surface area contributed by atoms with Crippen LogP contribution in [0.2, 0.25) is 5.02 Å².